The molecular weight excluding hydrogens is 148 g/mol. The van der Waals surface area contributed by atoms with Gasteiger partial charge in [0.15, 0.2) is 6.10 Å². The molecule has 0 radical (unpaired) electrons. The van der Waals surface area contributed by atoms with Crippen LogP contribution in [0.3, 0.4) is 0 Å². The van der Waals surface area contributed by atoms with Crippen molar-refractivity contribution in [2.45, 2.75) is 13.0 Å². The molecule has 0 aromatic heterocycles. The molecule has 0 aliphatic carbocycles. The van der Waals surface area contributed by atoms with Gasteiger partial charge in [-0.1, -0.05) is 0 Å². The molecule has 1 atom stereocenters. The molecule has 0 aromatic rings. The summed E-state index contributed by atoms with van der Waals surface area (Å²) >= 11 is 0. The fraction of sp³-hybridized carbons (Fsp3) is 0.286. The van der Waals surface area contributed by atoms with E-state index in [2.05, 4.69) is 0 Å². The van der Waals surface area contributed by atoms with E-state index in [4.69, 9.17) is 14.9 Å². The minimum absolute atomic E-state index is 0.108. The maximum absolute atomic E-state index is 10.4. The van der Waals surface area contributed by atoms with Gasteiger partial charge in [-0.3, -0.25) is 0 Å². The van der Waals surface area contributed by atoms with Crippen molar-refractivity contribution in [1.29, 1.82) is 0 Å². The Morgan fingerprint density at radius 1 is 1.73 bits per heavy atom. The molecule has 0 aromatic carbocycles. The van der Waals surface area contributed by atoms with Crippen LogP contribution in [0, 0.1) is 0 Å². The van der Waals surface area contributed by atoms with Gasteiger partial charge in [-0.25, -0.2) is 4.79 Å². The second kappa shape index (κ2) is 2.65. The van der Waals surface area contributed by atoms with Gasteiger partial charge in [0, 0.05) is 0 Å². The summed E-state index contributed by atoms with van der Waals surface area (Å²) in [7, 11) is 0. The molecule has 4 nitrogen and oxygen atoms in total. The molecule has 0 bridgehead atoms. The number of carbonyl (C=O) groups is 1. The van der Waals surface area contributed by atoms with Crippen LogP contribution in [0.5, 0.6) is 0 Å². The van der Waals surface area contributed by atoms with Gasteiger partial charge < -0.3 is 14.9 Å². The number of aliphatic carboxylic acids is 1. The average Bonchev–Trinajstić information content (AvgIpc) is 1.94. The standard InChI is InChI=1S/C7H8O4/c1-4-6(8)5(7(9)10)2-3-11-4/h2-4,8H,1H3,(H,9,10). The molecule has 0 saturated heterocycles. The number of carboxylic acids is 1. The van der Waals surface area contributed by atoms with E-state index in [9.17, 15) is 4.79 Å². The maximum Gasteiger partial charge on any atom is 0.339 e. The fourth-order valence-electron chi connectivity index (χ4n) is 0.775. The maximum atomic E-state index is 10.4. The predicted molar refractivity (Wildman–Crippen MR) is 37.0 cm³/mol. The SMILES string of the molecule is CC1OC=CC(C(=O)O)=C1O. The number of rotatable bonds is 1. The summed E-state index contributed by atoms with van der Waals surface area (Å²) in [6.07, 6.45) is 1.91. The van der Waals surface area contributed by atoms with Crippen LogP contribution in [0.25, 0.3) is 0 Å². The van der Waals surface area contributed by atoms with Gasteiger partial charge in [0.05, 0.1) is 6.26 Å². The van der Waals surface area contributed by atoms with Gasteiger partial charge in [-0.05, 0) is 13.0 Å². The molecule has 1 unspecified atom stereocenters. The van der Waals surface area contributed by atoms with Crippen LogP contribution in [-0.4, -0.2) is 22.3 Å². The first kappa shape index (κ1) is 7.65. The zero-order valence-corrected chi connectivity index (χ0v) is 5.94. The molecule has 1 rings (SSSR count). The van der Waals surface area contributed by atoms with E-state index in [1.54, 1.807) is 6.92 Å². The van der Waals surface area contributed by atoms with E-state index in [1.165, 1.54) is 12.3 Å². The van der Waals surface area contributed by atoms with Gasteiger partial charge in [0.25, 0.3) is 0 Å². The average molecular weight is 156 g/mol. The zero-order chi connectivity index (χ0) is 8.43. The third-order valence-electron chi connectivity index (χ3n) is 1.41. The Balaban J connectivity index is 2.98. The number of carboxylic acid groups (broad SMARTS) is 1. The Labute approximate surface area is 63.4 Å². The van der Waals surface area contributed by atoms with Gasteiger partial charge in [-0.2, -0.15) is 0 Å². The minimum atomic E-state index is -1.14. The van der Waals surface area contributed by atoms with Crippen molar-refractivity contribution in [2.75, 3.05) is 0 Å². The largest absolute Gasteiger partial charge is 0.507 e. The summed E-state index contributed by atoms with van der Waals surface area (Å²) < 4.78 is 4.82. The van der Waals surface area contributed by atoms with Crippen molar-refractivity contribution in [3.63, 3.8) is 0 Å². The Bertz CT molecular complexity index is 239. The van der Waals surface area contributed by atoms with E-state index in [0.29, 0.717) is 0 Å². The van der Waals surface area contributed by atoms with Gasteiger partial charge in [-0.15, -0.1) is 0 Å². The predicted octanol–water partition coefficient (Wildman–Crippen LogP) is 0.815. The molecule has 1 heterocycles. The molecule has 11 heavy (non-hydrogen) atoms. The molecular formula is C7H8O4. The van der Waals surface area contributed by atoms with Crippen molar-refractivity contribution in [3.8, 4) is 0 Å². The van der Waals surface area contributed by atoms with Crippen LogP contribution in [-0.2, 0) is 9.53 Å². The minimum Gasteiger partial charge on any atom is -0.507 e. The summed E-state index contributed by atoms with van der Waals surface area (Å²) in [5.41, 5.74) is -0.108. The molecule has 0 amide bonds. The quantitative estimate of drug-likeness (QED) is 0.589. The van der Waals surface area contributed by atoms with E-state index in [0.717, 1.165) is 0 Å². The number of ether oxygens (including phenoxy) is 1. The zero-order valence-electron chi connectivity index (χ0n) is 5.94. The normalized spacial score (nSPS) is 23.2. The number of aliphatic hydroxyl groups is 1. The van der Waals surface area contributed by atoms with E-state index < -0.39 is 12.1 Å². The Morgan fingerprint density at radius 3 is 2.82 bits per heavy atom. The lowest BCUT2D eigenvalue weighted by molar-refractivity contribution is -0.132. The lowest BCUT2D eigenvalue weighted by Gasteiger charge is -2.15. The van der Waals surface area contributed by atoms with Crippen LogP contribution in [0.15, 0.2) is 23.7 Å². The van der Waals surface area contributed by atoms with Gasteiger partial charge >= 0.3 is 5.97 Å². The number of hydrogen-bond donors (Lipinski definition) is 2. The molecule has 60 valence electrons. The Morgan fingerprint density at radius 2 is 2.36 bits per heavy atom. The highest BCUT2D eigenvalue weighted by Gasteiger charge is 2.20. The van der Waals surface area contributed by atoms with Crippen LogP contribution in [0.2, 0.25) is 0 Å². The summed E-state index contributed by atoms with van der Waals surface area (Å²) in [5, 5.41) is 17.6. The van der Waals surface area contributed by atoms with Crippen LogP contribution >= 0.6 is 0 Å². The Kier molecular flexibility index (Phi) is 1.85. The molecule has 2 N–H and O–H groups in total. The highest BCUT2D eigenvalue weighted by Crippen LogP contribution is 2.16. The number of aliphatic hydroxyl groups excluding tert-OH is 1. The summed E-state index contributed by atoms with van der Waals surface area (Å²) in [6.45, 7) is 1.57. The smallest absolute Gasteiger partial charge is 0.339 e. The molecule has 0 fully saturated rings. The van der Waals surface area contributed by atoms with Crippen LogP contribution in [0.1, 0.15) is 6.92 Å². The second-order valence-corrected chi connectivity index (χ2v) is 2.19. The highest BCUT2D eigenvalue weighted by molar-refractivity contribution is 5.90. The van der Waals surface area contributed by atoms with Crippen molar-refractivity contribution < 1.29 is 19.7 Å². The topological polar surface area (TPSA) is 66.8 Å². The first-order valence-electron chi connectivity index (χ1n) is 3.11. The van der Waals surface area contributed by atoms with Gasteiger partial charge in [0.2, 0.25) is 0 Å². The van der Waals surface area contributed by atoms with Crippen molar-refractivity contribution in [2.24, 2.45) is 0 Å². The van der Waals surface area contributed by atoms with E-state index >= 15 is 0 Å². The van der Waals surface area contributed by atoms with E-state index in [-0.39, 0.29) is 11.3 Å². The summed E-state index contributed by atoms with van der Waals surface area (Å²) in [5.74, 6) is -1.38. The first-order valence-corrected chi connectivity index (χ1v) is 3.11. The molecule has 1 aliphatic heterocycles. The number of hydrogen-bond acceptors (Lipinski definition) is 3. The molecule has 1 aliphatic rings. The van der Waals surface area contributed by atoms with Crippen LogP contribution in [0.4, 0.5) is 0 Å². The van der Waals surface area contributed by atoms with Gasteiger partial charge in [0.1, 0.15) is 11.3 Å². The second-order valence-electron chi connectivity index (χ2n) is 2.19. The van der Waals surface area contributed by atoms with Crippen LogP contribution < -0.4 is 0 Å². The Hall–Kier alpha value is -1.45. The summed E-state index contributed by atoms with van der Waals surface area (Å²) in [4.78, 5) is 10.4. The molecule has 0 saturated carbocycles. The fourth-order valence-corrected chi connectivity index (χ4v) is 0.775. The lowest BCUT2D eigenvalue weighted by Crippen LogP contribution is -2.17. The monoisotopic (exact) mass is 156 g/mol. The molecule has 0 spiro atoms. The first-order chi connectivity index (χ1) is 5.13. The third kappa shape index (κ3) is 1.34. The van der Waals surface area contributed by atoms with E-state index in [1.807, 2.05) is 0 Å². The molecule has 4 heteroatoms. The lowest BCUT2D eigenvalue weighted by atomic mass is 10.1. The highest BCUT2D eigenvalue weighted by atomic mass is 16.5. The van der Waals surface area contributed by atoms with Crippen molar-refractivity contribution >= 4 is 5.97 Å². The third-order valence-corrected chi connectivity index (χ3v) is 1.41. The van der Waals surface area contributed by atoms with Crippen molar-refractivity contribution in [1.82, 2.24) is 0 Å². The van der Waals surface area contributed by atoms with Crippen molar-refractivity contribution in [3.05, 3.63) is 23.7 Å². The summed E-state index contributed by atoms with van der Waals surface area (Å²) in [6, 6.07) is 0.